The third kappa shape index (κ3) is 5.77. The van der Waals surface area contributed by atoms with Crippen LogP contribution in [0.25, 0.3) is 6.08 Å². The Labute approximate surface area is 189 Å². The molecule has 0 aromatic heterocycles. The van der Waals surface area contributed by atoms with Gasteiger partial charge in [0.25, 0.3) is 5.91 Å². The second-order valence-corrected chi connectivity index (χ2v) is 7.46. The standard InChI is InChI=1S/C23H15Cl3N2O2/c24-18-7-5-15(6-8-18)14-30-22-4-2-1-3-16(22)11-17(13-27)23(29)28-19-9-10-20(25)21(26)12-19/h1-12H,14H2,(H,28,29)/b17-11+. The molecule has 0 aliphatic heterocycles. The molecule has 1 N–H and O–H groups in total. The quantitative estimate of drug-likeness (QED) is 0.328. The first-order valence-electron chi connectivity index (χ1n) is 8.81. The van der Waals surface area contributed by atoms with Crippen molar-refractivity contribution in [2.24, 2.45) is 0 Å². The van der Waals surface area contributed by atoms with E-state index < -0.39 is 5.91 Å². The highest BCUT2D eigenvalue weighted by atomic mass is 35.5. The first-order chi connectivity index (χ1) is 14.5. The number of rotatable bonds is 6. The number of nitriles is 1. The number of para-hydroxylation sites is 1. The van der Waals surface area contributed by atoms with Gasteiger partial charge in [0.1, 0.15) is 24.0 Å². The third-order valence-electron chi connectivity index (χ3n) is 4.07. The van der Waals surface area contributed by atoms with Crippen molar-refractivity contribution in [3.63, 3.8) is 0 Å². The summed E-state index contributed by atoms with van der Waals surface area (Å²) in [5.74, 6) is -0.0223. The lowest BCUT2D eigenvalue weighted by Gasteiger charge is -2.10. The van der Waals surface area contributed by atoms with E-state index in [9.17, 15) is 10.1 Å². The van der Waals surface area contributed by atoms with Crippen molar-refractivity contribution in [3.8, 4) is 11.8 Å². The summed E-state index contributed by atoms with van der Waals surface area (Å²) in [5.41, 5.74) is 1.90. The minimum absolute atomic E-state index is 0.0800. The van der Waals surface area contributed by atoms with Gasteiger partial charge in [0.2, 0.25) is 0 Å². The molecule has 0 saturated carbocycles. The number of carbonyl (C=O) groups excluding carboxylic acids is 1. The van der Waals surface area contributed by atoms with Gasteiger partial charge >= 0.3 is 0 Å². The second kappa shape index (κ2) is 10.2. The van der Waals surface area contributed by atoms with E-state index in [4.69, 9.17) is 39.5 Å². The zero-order chi connectivity index (χ0) is 21.5. The average molecular weight is 458 g/mol. The van der Waals surface area contributed by atoms with E-state index in [1.54, 1.807) is 42.5 Å². The first kappa shape index (κ1) is 21.7. The number of nitrogens with one attached hydrogen (secondary N) is 1. The predicted octanol–water partition coefficient (Wildman–Crippen LogP) is 6.77. The molecule has 4 nitrogen and oxygen atoms in total. The van der Waals surface area contributed by atoms with Crippen LogP contribution in [0.1, 0.15) is 11.1 Å². The summed E-state index contributed by atoms with van der Waals surface area (Å²) >= 11 is 17.8. The van der Waals surface area contributed by atoms with Gasteiger partial charge in [-0.15, -0.1) is 0 Å². The molecule has 0 radical (unpaired) electrons. The zero-order valence-corrected chi connectivity index (χ0v) is 17.8. The van der Waals surface area contributed by atoms with Gasteiger partial charge in [-0.25, -0.2) is 0 Å². The van der Waals surface area contributed by atoms with Crippen LogP contribution < -0.4 is 10.1 Å². The summed E-state index contributed by atoms with van der Waals surface area (Å²) < 4.78 is 5.87. The van der Waals surface area contributed by atoms with Crippen LogP contribution in [0.3, 0.4) is 0 Å². The molecule has 0 heterocycles. The Morgan fingerprint density at radius 3 is 2.43 bits per heavy atom. The van der Waals surface area contributed by atoms with Crippen molar-refractivity contribution >= 4 is 52.5 Å². The summed E-state index contributed by atoms with van der Waals surface area (Å²) in [7, 11) is 0. The molecule has 150 valence electrons. The van der Waals surface area contributed by atoms with E-state index in [-0.39, 0.29) is 5.57 Å². The Bertz CT molecular complexity index is 1140. The highest BCUT2D eigenvalue weighted by Crippen LogP contribution is 2.26. The Morgan fingerprint density at radius 2 is 1.73 bits per heavy atom. The molecule has 0 bridgehead atoms. The predicted molar refractivity (Wildman–Crippen MR) is 121 cm³/mol. The summed E-state index contributed by atoms with van der Waals surface area (Å²) in [5, 5.41) is 13.4. The van der Waals surface area contributed by atoms with Crippen LogP contribution in [0.4, 0.5) is 5.69 Å². The summed E-state index contributed by atoms with van der Waals surface area (Å²) in [6.45, 7) is 0.319. The molecule has 0 atom stereocenters. The SMILES string of the molecule is N#C/C(=C\c1ccccc1OCc1ccc(Cl)cc1)C(=O)Nc1ccc(Cl)c(Cl)c1. The van der Waals surface area contributed by atoms with E-state index in [1.165, 1.54) is 12.1 Å². The number of carbonyl (C=O) groups is 1. The number of benzene rings is 3. The van der Waals surface area contributed by atoms with Gasteiger partial charge in [0.05, 0.1) is 10.0 Å². The molecular weight excluding hydrogens is 443 g/mol. The Kier molecular flexibility index (Phi) is 7.37. The van der Waals surface area contributed by atoms with Gasteiger partial charge in [-0.2, -0.15) is 5.26 Å². The normalized spacial score (nSPS) is 10.9. The second-order valence-electron chi connectivity index (χ2n) is 6.21. The molecule has 0 spiro atoms. The van der Waals surface area contributed by atoms with Crippen LogP contribution in [0.15, 0.2) is 72.3 Å². The molecule has 3 aromatic carbocycles. The minimum atomic E-state index is -0.566. The van der Waals surface area contributed by atoms with Crippen LogP contribution in [0, 0.1) is 11.3 Å². The smallest absolute Gasteiger partial charge is 0.266 e. The number of halogens is 3. The molecule has 1 amide bonds. The van der Waals surface area contributed by atoms with Crippen molar-refractivity contribution in [3.05, 3.63) is 98.5 Å². The molecule has 0 aliphatic rings. The maximum Gasteiger partial charge on any atom is 0.266 e. The van der Waals surface area contributed by atoms with E-state index in [2.05, 4.69) is 5.32 Å². The van der Waals surface area contributed by atoms with Gasteiger partial charge < -0.3 is 10.1 Å². The lowest BCUT2D eigenvalue weighted by molar-refractivity contribution is -0.112. The van der Waals surface area contributed by atoms with Crippen LogP contribution in [0.5, 0.6) is 5.75 Å². The van der Waals surface area contributed by atoms with Crippen molar-refractivity contribution < 1.29 is 9.53 Å². The van der Waals surface area contributed by atoms with E-state index in [1.807, 2.05) is 24.3 Å². The number of hydrogen-bond acceptors (Lipinski definition) is 3. The van der Waals surface area contributed by atoms with Crippen LogP contribution in [0.2, 0.25) is 15.1 Å². The zero-order valence-electron chi connectivity index (χ0n) is 15.5. The molecule has 0 saturated heterocycles. The van der Waals surface area contributed by atoms with E-state index in [0.717, 1.165) is 5.56 Å². The van der Waals surface area contributed by atoms with Crippen LogP contribution in [-0.2, 0) is 11.4 Å². The fourth-order valence-electron chi connectivity index (χ4n) is 2.55. The average Bonchev–Trinajstić information content (AvgIpc) is 2.75. The number of hydrogen-bond donors (Lipinski definition) is 1. The van der Waals surface area contributed by atoms with Crippen molar-refractivity contribution in [2.45, 2.75) is 6.61 Å². The highest BCUT2D eigenvalue weighted by Gasteiger charge is 2.12. The minimum Gasteiger partial charge on any atom is -0.488 e. The molecule has 30 heavy (non-hydrogen) atoms. The Morgan fingerprint density at radius 1 is 1.00 bits per heavy atom. The highest BCUT2D eigenvalue weighted by molar-refractivity contribution is 6.42. The maximum absolute atomic E-state index is 12.5. The monoisotopic (exact) mass is 456 g/mol. The first-order valence-corrected chi connectivity index (χ1v) is 9.94. The van der Waals surface area contributed by atoms with Crippen molar-refractivity contribution in [2.75, 3.05) is 5.32 Å². The Balaban J connectivity index is 1.78. The molecule has 0 unspecified atom stereocenters. The molecule has 7 heteroatoms. The van der Waals surface area contributed by atoms with Gasteiger partial charge in [0, 0.05) is 16.3 Å². The summed E-state index contributed by atoms with van der Waals surface area (Å²) in [6, 6.07) is 21.1. The third-order valence-corrected chi connectivity index (χ3v) is 5.06. The van der Waals surface area contributed by atoms with Crippen molar-refractivity contribution in [1.29, 1.82) is 5.26 Å². The van der Waals surface area contributed by atoms with Gasteiger partial charge in [-0.1, -0.05) is 65.1 Å². The van der Waals surface area contributed by atoms with E-state index >= 15 is 0 Å². The van der Waals surface area contributed by atoms with E-state index in [0.29, 0.717) is 38.7 Å². The molecule has 0 aliphatic carbocycles. The molecule has 0 fully saturated rings. The molecule has 3 aromatic rings. The molecular formula is C23H15Cl3N2O2. The topological polar surface area (TPSA) is 62.1 Å². The number of anilines is 1. The lowest BCUT2D eigenvalue weighted by Crippen LogP contribution is -2.13. The maximum atomic E-state index is 12.5. The Hall–Kier alpha value is -2.97. The summed E-state index contributed by atoms with van der Waals surface area (Å²) in [6.07, 6.45) is 1.48. The fraction of sp³-hybridized carbons (Fsp3) is 0.0435. The van der Waals surface area contributed by atoms with Gasteiger partial charge in [-0.3, -0.25) is 4.79 Å². The van der Waals surface area contributed by atoms with Gasteiger partial charge in [0.15, 0.2) is 0 Å². The van der Waals surface area contributed by atoms with Crippen molar-refractivity contribution in [1.82, 2.24) is 0 Å². The van der Waals surface area contributed by atoms with Gasteiger partial charge in [-0.05, 0) is 48.0 Å². The summed E-state index contributed by atoms with van der Waals surface area (Å²) in [4.78, 5) is 12.5. The van der Waals surface area contributed by atoms with Crippen LogP contribution in [-0.4, -0.2) is 5.91 Å². The number of amides is 1. The van der Waals surface area contributed by atoms with Crippen LogP contribution >= 0.6 is 34.8 Å². The number of nitrogens with zero attached hydrogens (tertiary/aromatic N) is 1. The lowest BCUT2D eigenvalue weighted by atomic mass is 10.1. The number of ether oxygens (including phenoxy) is 1. The molecule has 3 rings (SSSR count). The largest absolute Gasteiger partial charge is 0.488 e. The fourth-order valence-corrected chi connectivity index (χ4v) is 2.97.